The molecule has 9 nitrogen and oxygen atoms in total. The van der Waals surface area contributed by atoms with Crippen LogP contribution >= 0.6 is 0 Å². The molecule has 1 aromatic carbocycles. The van der Waals surface area contributed by atoms with Gasteiger partial charge in [-0.1, -0.05) is 26.0 Å². The smallest absolute Gasteiger partial charge is 0.228 e. The van der Waals surface area contributed by atoms with Gasteiger partial charge in [0.2, 0.25) is 11.9 Å². The summed E-state index contributed by atoms with van der Waals surface area (Å²) in [6, 6.07) is 8.48. The normalized spacial score (nSPS) is 15.0. The Morgan fingerprint density at radius 2 is 1.74 bits per heavy atom. The Balaban J connectivity index is 1.68. The number of carbonyl (C=O) groups is 1. The molecule has 1 aliphatic rings. The van der Waals surface area contributed by atoms with Crippen LogP contribution < -0.4 is 15.0 Å². The fourth-order valence-electron chi connectivity index (χ4n) is 4.63. The fraction of sp³-hybridized carbons (Fsp3) is 0.538. The SMILES string of the molecule is CCOc1ccc(C(C)Nc2nc(N3CCN(C(C)=O)CC3)nc3cnn(C(CC)CC)c23)cc1. The highest BCUT2D eigenvalue weighted by molar-refractivity contribution is 5.87. The predicted molar refractivity (Wildman–Crippen MR) is 139 cm³/mol. The lowest BCUT2D eigenvalue weighted by Crippen LogP contribution is -2.48. The van der Waals surface area contributed by atoms with Crippen molar-refractivity contribution in [1.29, 1.82) is 0 Å². The fourth-order valence-corrected chi connectivity index (χ4v) is 4.63. The van der Waals surface area contributed by atoms with Crippen LogP contribution in [0.25, 0.3) is 11.0 Å². The number of benzene rings is 1. The van der Waals surface area contributed by atoms with Crippen LogP contribution in [-0.2, 0) is 4.79 Å². The Morgan fingerprint density at radius 3 is 2.34 bits per heavy atom. The lowest BCUT2D eigenvalue weighted by atomic mass is 10.1. The highest BCUT2D eigenvalue weighted by Crippen LogP contribution is 2.31. The molecule has 0 radical (unpaired) electrons. The molecule has 0 aliphatic carbocycles. The Hall–Kier alpha value is -3.36. The molecule has 1 saturated heterocycles. The number of ether oxygens (including phenoxy) is 1. The second kappa shape index (κ2) is 10.9. The summed E-state index contributed by atoms with van der Waals surface area (Å²) in [5, 5.41) is 8.36. The van der Waals surface area contributed by atoms with E-state index in [4.69, 9.17) is 19.8 Å². The first kappa shape index (κ1) is 24.8. The van der Waals surface area contributed by atoms with Gasteiger partial charge in [-0.05, 0) is 44.4 Å². The molecule has 9 heteroatoms. The van der Waals surface area contributed by atoms with Gasteiger partial charge < -0.3 is 19.9 Å². The Kier molecular flexibility index (Phi) is 7.73. The average Bonchev–Trinajstić information content (AvgIpc) is 3.30. The first-order valence-corrected chi connectivity index (χ1v) is 12.7. The van der Waals surface area contributed by atoms with Gasteiger partial charge in [-0.15, -0.1) is 0 Å². The topological polar surface area (TPSA) is 88.4 Å². The number of carbonyl (C=O) groups excluding carboxylic acids is 1. The van der Waals surface area contributed by atoms with E-state index >= 15 is 0 Å². The third kappa shape index (κ3) is 5.33. The lowest BCUT2D eigenvalue weighted by molar-refractivity contribution is -0.129. The second-order valence-electron chi connectivity index (χ2n) is 9.03. The van der Waals surface area contributed by atoms with E-state index in [9.17, 15) is 4.79 Å². The molecule has 1 unspecified atom stereocenters. The van der Waals surface area contributed by atoms with Crippen LogP contribution in [0.2, 0.25) is 0 Å². The first-order chi connectivity index (χ1) is 16.9. The standard InChI is InChI=1S/C26H37N7O2/c1-6-21(7-2)33-24-23(17-27-33)29-26(32-15-13-31(14-16-32)19(5)34)30-25(24)28-18(4)20-9-11-22(12-10-20)35-8-3/h9-12,17-18,21H,6-8,13-16H2,1-5H3,(H,28,29,30). The number of anilines is 2. The van der Waals surface area contributed by atoms with Crippen LogP contribution in [0.1, 0.15) is 65.1 Å². The van der Waals surface area contributed by atoms with Crippen LogP contribution in [0.15, 0.2) is 30.5 Å². The summed E-state index contributed by atoms with van der Waals surface area (Å²) in [5.74, 6) is 2.43. The number of hydrogen-bond donors (Lipinski definition) is 1. The van der Waals surface area contributed by atoms with Gasteiger partial charge in [0.05, 0.1) is 24.9 Å². The van der Waals surface area contributed by atoms with Gasteiger partial charge in [-0.25, -0.2) is 4.98 Å². The largest absolute Gasteiger partial charge is 0.494 e. The molecule has 35 heavy (non-hydrogen) atoms. The zero-order valence-electron chi connectivity index (χ0n) is 21.5. The summed E-state index contributed by atoms with van der Waals surface area (Å²) in [6.07, 6.45) is 3.81. The third-order valence-corrected chi connectivity index (χ3v) is 6.77. The predicted octanol–water partition coefficient (Wildman–Crippen LogP) is 4.43. The van der Waals surface area contributed by atoms with Crippen molar-refractivity contribution in [3.63, 3.8) is 0 Å². The molecule has 188 valence electrons. The van der Waals surface area contributed by atoms with E-state index < -0.39 is 0 Å². The minimum Gasteiger partial charge on any atom is -0.494 e. The van der Waals surface area contributed by atoms with Crippen LogP contribution in [-0.4, -0.2) is 63.3 Å². The minimum atomic E-state index is 0.0243. The molecule has 3 heterocycles. The van der Waals surface area contributed by atoms with E-state index in [1.54, 1.807) is 6.92 Å². The second-order valence-corrected chi connectivity index (χ2v) is 9.03. The van der Waals surface area contributed by atoms with Gasteiger partial charge in [0, 0.05) is 33.1 Å². The average molecular weight is 480 g/mol. The highest BCUT2D eigenvalue weighted by Gasteiger charge is 2.24. The Bertz CT molecular complexity index is 1130. The molecular formula is C26H37N7O2. The zero-order chi connectivity index (χ0) is 24.9. The molecule has 4 rings (SSSR count). The van der Waals surface area contributed by atoms with E-state index in [0.29, 0.717) is 38.7 Å². The number of aromatic nitrogens is 4. The monoisotopic (exact) mass is 479 g/mol. The molecule has 1 atom stereocenters. The molecule has 0 saturated carbocycles. The highest BCUT2D eigenvalue weighted by atomic mass is 16.5. The van der Waals surface area contributed by atoms with Gasteiger partial charge in [0.15, 0.2) is 5.82 Å². The van der Waals surface area contributed by atoms with E-state index in [2.05, 4.69) is 47.8 Å². The van der Waals surface area contributed by atoms with Crippen molar-refractivity contribution in [2.24, 2.45) is 0 Å². The summed E-state index contributed by atoms with van der Waals surface area (Å²) in [6.45, 7) is 13.5. The van der Waals surface area contributed by atoms with Gasteiger partial charge in [-0.2, -0.15) is 10.1 Å². The minimum absolute atomic E-state index is 0.0243. The number of nitrogens with one attached hydrogen (secondary N) is 1. The van der Waals surface area contributed by atoms with Crippen LogP contribution in [0.5, 0.6) is 5.75 Å². The maximum Gasteiger partial charge on any atom is 0.228 e. The Morgan fingerprint density at radius 1 is 1.06 bits per heavy atom. The van der Waals surface area contributed by atoms with Gasteiger partial charge in [0.25, 0.3) is 0 Å². The van der Waals surface area contributed by atoms with Crippen LogP contribution in [0.3, 0.4) is 0 Å². The van der Waals surface area contributed by atoms with Crippen molar-refractivity contribution >= 4 is 28.7 Å². The summed E-state index contributed by atoms with van der Waals surface area (Å²) < 4.78 is 7.66. The first-order valence-electron chi connectivity index (χ1n) is 12.7. The van der Waals surface area contributed by atoms with Crippen molar-refractivity contribution in [3.8, 4) is 5.75 Å². The van der Waals surface area contributed by atoms with E-state index in [1.165, 1.54) is 0 Å². The summed E-state index contributed by atoms with van der Waals surface area (Å²) in [4.78, 5) is 25.7. The number of amides is 1. The number of fused-ring (bicyclic) bond motifs is 1. The Labute approximate surface area is 207 Å². The van der Waals surface area contributed by atoms with Gasteiger partial charge in [-0.3, -0.25) is 9.48 Å². The summed E-state index contributed by atoms with van der Waals surface area (Å²) >= 11 is 0. The number of rotatable bonds is 9. The molecule has 1 amide bonds. The third-order valence-electron chi connectivity index (χ3n) is 6.77. The van der Waals surface area contributed by atoms with Crippen molar-refractivity contribution in [1.82, 2.24) is 24.6 Å². The molecule has 0 bridgehead atoms. The lowest BCUT2D eigenvalue weighted by Gasteiger charge is -2.34. The molecule has 2 aromatic heterocycles. The summed E-state index contributed by atoms with van der Waals surface area (Å²) in [5.41, 5.74) is 2.91. The summed E-state index contributed by atoms with van der Waals surface area (Å²) in [7, 11) is 0. The van der Waals surface area contributed by atoms with Crippen LogP contribution in [0, 0.1) is 0 Å². The van der Waals surface area contributed by atoms with Crippen molar-refractivity contribution in [2.75, 3.05) is 43.0 Å². The zero-order valence-corrected chi connectivity index (χ0v) is 21.5. The maximum absolute atomic E-state index is 11.8. The molecule has 1 N–H and O–H groups in total. The number of piperazine rings is 1. The van der Waals surface area contributed by atoms with E-state index in [0.717, 1.165) is 41.0 Å². The van der Waals surface area contributed by atoms with Crippen molar-refractivity contribution < 1.29 is 9.53 Å². The van der Waals surface area contributed by atoms with Crippen molar-refractivity contribution in [3.05, 3.63) is 36.0 Å². The molecule has 1 fully saturated rings. The molecular weight excluding hydrogens is 442 g/mol. The van der Waals surface area contributed by atoms with E-state index in [-0.39, 0.29) is 18.0 Å². The maximum atomic E-state index is 11.8. The van der Waals surface area contributed by atoms with Gasteiger partial charge >= 0.3 is 0 Å². The quantitative estimate of drug-likeness (QED) is 0.486. The van der Waals surface area contributed by atoms with Crippen LogP contribution in [0.4, 0.5) is 11.8 Å². The molecule has 0 spiro atoms. The molecule has 1 aliphatic heterocycles. The number of hydrogen-bond acceptors (Lipinski definition) is 7. The van der Waals surface area contributed by atoms with Crippen molar-refractivity contribution in [2.45, 2.75) is 59.5 Å². The molecule has 3 aromatic rings. The van der Waals surface area contributed by atoms with E-state index in [1.807, 2.05) is 30.2 Å². The number of nitrogens with zero attached hydrogens (tertiary/aromatic N) is 6. The van der Waals surface area contributed by atoms with Gasteiger partial charge in [0.1, 0.15) is 16.8 Å².